The summed E-state index contributed by atoms with van der Waals surface area (Å²) >= 11 is 0. The average Bonchev–Trinajstić information content (AvgIpc) is 3.36. The third-order valence-electron chi connectivity index (χ3n) is 5.51. The zero-order chi connectivity index (χ0) is 18.3. The quantitative estimate of drug-likeness (QED) is 0.819. The molecule has 0 aromatic heterocycles. The second-order valence-corrected chi connectivity index (χ2v) is 8.98. The number of nitrogens with one attached hydrogen (secondary N) is 1. The highest BCUT2D eigenvalue weighted by Crippen LogP contribution is 2.42. The Balaban J connectivity index is 1.66. The van der Waals surface area contributed by atoms with Gasteiger partial charge in [-0.2, -0.15) is 0 Å². The highest BCUT2D eigenvalue weighted by atomic mass is 32.2. The molecule has 0 spiro atoms. The maximum absolute atomic E-state index is 12.7. The summed E-state index contributed by atoms with van der Waals surface area (Å²) in [6, 6.07) is 4.95. The van der Waals surface area contributed by atoms with Crippen molar-refractivity contribution in [1.29, 1.82) is 0 Å². The van der Waals surface area contributed by atoms with E-state index in [2.05, 4.69) is 4.72 Å². The van der Waals surface area contributed by atoms with Crippen molar-refractivity contribution in [2.24, 2.45) is 0 Å². The molecule has 1 atom stereocenters. The van der Waals surface area contributed by atoms with Crippen LogP contribution >= 0.6 is 0 Å². The normalized spacial score (nSPS) is 23.2. The molecule has 2 aliphatic heterocycles. The van der Waals surface area contributed by atoms with Crippen LogP contribution in [-0.4, -0.2) is 40.6 Å². The van der Waals surface area contributed by atoms with E-state index in [1.807, 2.05) is 0 Å². The van der Waals surface area contributed by atoms with Gasteiger partial charge in [-0.3, -0.25) is 4.79 Å². The molecule has 7 heteroatoms. The van der Waals surface area contributed by atoms with Crippen molar-refractivity contribution in [3.05, 3.63) is 29.3 Å². The van der Waals surface area contributed by atoms with Crippen molar-refractivity contribution in [2.75, 3.05) is 25.1 Å². The van der Waals surface area contributed by atoms with Crippen LogP contribution in [-0.2, 0) is 19.6 Å². The van der Waals surface area contributed by atoms with E-state index in [9.17, 15) is 13.2 Å². The Hall–Kier alpha value is -1.70. The Morgan fingerprint density at radius 2 is 2.00 bits per heavy atom. The molecule has 1 aromatic carbocycles. The minimum Gasteiger partial charge on any atom is -0.377 e. The summed E-state index contributed by atoms with van der Waals surface area (Å²) in [5.74, 6) is -0.0289. The molecule has 4 rings (SSSR count). The van der Waals surface area contributed by atoms with Gasteiger partial charge in [0.1, 0.15) is 0 Å². The predicted molar refractivity (Wildman–Crippen MR) is 99.4 cm³/mol. The van der Waals surface area contributed by atoms with Crippen molar-refractivity contribution in [3.63, 3.8) is 0 Å². The summed E-state index contributed by atoms with van der Waals surface area (Å²) in [7, 11) is -1.89. The van der Waals surface area contributed by atoms with Gasteiger partial charge in [0.2, 0.25) is 10.0 Å². The van der Waals surface area contributed by atoms with Gasteiger partial charge < -0.3 is 9.64 Å². The number of fused-ring (bicyclic) bond motifs is 1. The average molecular weight is 376 g/mol. The third kappa shape index (κ3) is 3.08. The van der Waals surface area contributed by atoms with Gasteiger partial charge in [-0.1, -0.05) is 5.57 Å². The lowest BCUT2D eigenvalue weighted by Gasteiger charge is -2.13. The predicted octanol–water partition coefficient (Wildman–Crippen LogP) is 2.45. The molecule has 1 aromatic rings. The smallest absolute Gasteiger partial charge is 0.258 e. The van der Waals surface area contributed by atoms with Crippen molar-refractivity contribution in [1.82, 2.24) is 4.72 Å². The number of anilines is 1. The number of carbonyl (C=O) groups excluding carboxylic acids is 1. The number of allylic oxidation sites excluding steroid dienone is 1. The molecule has 0 bridgehead atoms. The molecule has 1 N–H and O–H groups in total. The van der Waals surface area contributed by atoms with Crippen LogP contribution in [0.1, 0.15) is 44.1 Å². The monoisotopic (exact) mass is 376 g/mol. The SMILES string of the molecule is CN1C(=O)C(=C2CCCC2)c2cc(S(=O)(=O)NC[C@@H]3CCCO3)ccc21. The van der Waals surface area contributed by atoms with Gasteiger partial charge in [-0.15, -0.1) is 0 Å². The van der Waals surface area contributed by atoms with Crippen LogP contribution in [0.15, 0.2) is 28.7 Å². The second-order valence-electron chi connectivity index (χ2n) is 7.22. The van der Waals surface area contributed by atoms with E-state index >= 15 is 0 Å². The Morgan fingerprint density at radius 1 is 1.23 bits per heavy atom. The Morgan fingerprint density at radius 3 is 2.69 bits per heavy atom. The summed E-state index contributed by atoms with van der Waals surface area (Å²) < 4.78 is 33.5. The van der Waals surface area contributed by atoms with Gasteiger partial charge in [-0.05, 0) is 56.7 Å². The zero-order valence-corrected chi connectivity index (χ0v) is 15.8. The van der Waals surface area contributed by atoms with Crippen LogP contribution < -0.4 is 9.62 Å². The summed E-state index contributed by atoms with van der Waals surface area (Å²) in [6.07, 6.45) is 5.81. The molecule has 0 radical (unpaired) electrons. The minimum absolute atomic E-state index is 0.0289. The van der Waals surface area contributed by atoms with Gasteiger partial charge in [-0.25, -0.2) is 13.1 Å². The van der Waals surface area contributed by atoms with E-state index in [1.165, 1.54) is 0 Å². The Labute approximate surface area is 154 Å². The molecule has 2 fully saturated rings. The van der Waals surface area contributed by atoms with E-state index < -0.39 is 10.0 Å². The standard InChI is InChI=1S/C19H24N2O4S/c1-21-17-9-8-15(26(23,24)20-12-14-7-4-10-25-14)11-16(17)18(19(21)22)13-5-2-3-6-13/h8-9,11,14,20H,2-7,10,12H2,1H3/t14-/m0/s1. The molecular formula is C19H24N2O4S. The maximum atomic E-state index is 12.7. The van der Waals surface area contributed by atoms with E-state index in [0.717, 1.165) is 55.3 Å². The van der Waals surface area contributed by atoms with Crippen LogP contribution in [0.5, 0.6) is 0 Å². The molecular weight excluding hydrogens is 352 g/mol. The molecule has 1 amide bonds. The molecule has 1 saturated carbocycles. The van der Waals surface area contributed by atoms with Crippen LogP contribution in [0.4, 0.5) is 5.69 Å². The second kappa shape index (κ2) is 6.79. The number of nitrogens with zero attached hydrogens (tertiary/aromatic N) is 1. The highest BCUT2D eigenvalue weighted by Gasteiger charge is 2.34. The van der Waals surface area contributed by atoms with Crippen LogP contribution in [0.25, 0.3) is 5.57 Å². The summed E-state index contributed by atoms with van der Waals surface area (Å²) in [4.78, 5) is 14.5. The molecule has 140 valence electrons. The van der Waals surface area contributed by atoms with E-state index in [1.54, 1.807) is 30.1 Å². The minimum atomic E-state index is -3.63. The molecule has 0 unspecified atom stereocenters. The number of hydrogen-bond donors (Lipinski definition) is 1. The Kier molecular flexibility index (Phi) is 4.62. The number of rotatable bonds is 4. The van der Waals surface area contributed by atoms with E-state index in [4.69, 9.17) is 4.74 Å². The van der Waals surface area contributed by atoms with Gasteiger partial charge in [0, 0.05) is 31.3 Å². The first-order valence-corrected chi connectivity index (χ1v) is 10.7. The van der Waals surface area contributed by atoms with Gasteiger partial charge >= 0.3 is 0 Å². The summed E-state index contributed by atoms with van der Waals surface area (Å²) in [5.41, 5.74) is 3.38. The van der Waals surface area contributed by atoms with Crippen LogP contribution in [0.2, 0.25) is 0 Å². The van der Waals surface area contributed by atoms with Crippen LogP contribution in [0.3, 0.4) is 0 Å². The van der Waals surface area contributed by atoms with Crippen molar-refractivity contribution in [2.45, 2.75) is 49.5 Å². The molecule has 1 saturated heterocycles. The van der Waals surface area contributed by atoms with Crippen molar-refractivity contribution < 1.29 is 17.9 Å². The van der Waals surface area contributed by atoms with E-state index in [-0.39, 0.29) is 23.5 Å². The van der Waals surface area contributed by atoms with Crippen molar-refractivity contribution >= 4 is 27.2 Å². The fraction of sp³-hybridized carbons (Fsp3) is 0.526. The van der Waals surface area contributed by atoms with Crippen molar-refractivity contribution in [3.8, 4) is 0 Å². The maximum Gasteiger partial charge on any atom is 0.258 e. The number of hydrogen-bond acceptors (Lipinski definition) is 4. The third-order valence-corrected chi connectivity index (χ3v) is 6.93. The van der Waals surface area contributed by atoms with Crippen LogP contribution in [0, 0.1) is 0 Å². The lowest BCUT2D eigenvalue weighted by Crippen LogP contribution is -2.31. The zero-order valence-electron chi connectivity index (χ0n) is 15.0. The fourth-order valence-electron chi connectivity index (χ4n) is 4.05. The Bertz CT molecular complexity index is 862. The molecule has 6 nitrogen and oxygen atoms in total. The number of likely N-dealkylation sites (N-methyl/N-ethyl adjacent to an activating group) is 1. The lowest BCUT2D eigenvalue weighted by atomic mass is 10.00. The lowest BCUT2D eigenvalue weighted by molar-refractivity contribution is -0.112. The first-order chi connectivity index (χ1) is 12.5. The first-order valence-electron chi connectivity index (χ1n) is 9.23. The number of sulfonamides is 1. The number of ether oxygens (including phenoxy) is 1. The van der Waals surface area contributed by atoms with Gasteiger partial charge in [0.05, 0.1) is 16.7 Å². The highest BCUT2D eigenvalue weighted by molar-refractivity contribution is 7.89. The first kappa shape index (κ1) is 17.7. The number of amides is 1. The van der Waals surface area contributed by atoms with Gasteiger partial charge in [0.25, 0.3) is 5.91 Å². The fourth-order valence-corrected chi connectivity index (χ4v) is 5.14. The largest absolute Gasteiger partial charge is 0.377 e. The molecule has 3 aliphatic rings. The number of carbonyl (C=O) groups is 1. The molecule has 2 heterocycles. The summed E-state index contributed by atoms with van der Waals surface area (Å²) in [5, 5.41) is 0. The summed E-state index contributed by atoms with van der Waals surface area (Å²) in [6.45, 7) is 0.975. The topological polar surface area (TPSA) is 75.7 Å². The van der Waals surface area contributed by atoms with Gasteiger partial charge in [0.15, 0.2) is 0 Å². The molecule has 1 aliphatic carbocycles. The molecule has 26 heavy (non-hydrogen) atoms. The van der Waals surface area contributed by atoms with E-state index in [0.29, 0.717) is 12.2 Å². The number of benzene rings is 1.